The summed E-state index contributed by atoms with van der Waals surface area (Å²) in [4.78, 5) is 23.0. The summed E-state index contributed by atoms with van der Waals surface area (Å²) in [6.45, 7) is 1.86. The molecule has 0 fully saturated rings. The van der Waals surface area contributed by atoms with Crippen LogP contribution in [0.25, 0.3) is 0 Å². The van der Waals surface area contributed by atoms with Crippen LogP contribution in [-0.2, 0) is 0 Å². The quantitative estimate of drug-likeness (QED) is 0.748. The van der Waals surface area contributed by atoms with Crippen LogP contribution in [-0.4, -0.2) is 17.0 Å². The lowest BCUT2D eigenvalue weighted by Gasteiger charge is -2.19. The number of carboxylic acids is 1. The van der Waals surface area contributed by atoms with Crippen molar-refractivity contribution in [2.75, 3.05) is 5.73 Å². The minimum atomic E-state index is -1.20. The van der Waals surface area contributed by atoms with Crippen LogP contribution >= 0.6 is 0 Å². The van der Waals surface area contributed by atoms with Crippen LogP contribution in [0.15, 0.2) is 42.5 Å². The molecule has 2 rings (SSSR count). The van der Waals surface area contributed by atoms with Crippen molar-refractivity contribution >= 4 is 17.6 Å². The van der Waals surface area contributed by atoms with Crippen molar-refractivity contribution in [2.24, 2.45) is 5.73 Å². The number of carboxylic acid groups (broad SMARTS) is 1. The van der Waals surface area contributed by atoms with Gasteiger partial charge in [0, 0.05) is 11.6 Å². The van der Waals surface area contributed by atoms with E-state index in [2.05, 4.69) is 0 Å². The summed E-state index contributed by atoms with van der Waals surface area (Å²) in [6, 6.07) is 12.2. The number of benzene rings is 2. The van der Waals surface area contributed by atoms with Crippen LogP contribution in [0.2, 0.25) is 0 Å². The predicted molar refractivity (Wildman–Crippen MR) is 80.3 cm³/mol. The number of nitrogens with two attached hydrogens (primary N) is 2. The van der Waals surface area contributed by atoms with Crippen LogP contribution in [0.5, 0.6) is 0 Å². The Morgan fingerprint density at radius 3 is 2.24 bits per heavy atom. The van der Waals surface area contributed by atoms with Crippen molar-refractivity contribution in [2.45, 2.75) is 12.8 Å². The molecule has 21 heavy (non-hydrogen) atoms. The summed E-state index contributed by atoms with van der Waals surface area (Å²) in [5.41, 5.74) is 12.9. The Morgan fingerprint density at radius 2 is 1.71 bits per heavy atom. The first-order chi connectivity index (χ1) is 9.93. The molecular weight excluding hydrogens is 268 g/mol. The van der Waals surface area contributed by atoms with Gasteiger partial charge >= 0.3 is 5.97 Å². The molecule has 5 heteroatoms. The van der Waals surface area contributed by atoms with Crippen LogP contribution in [0.4, 0.5) is 5.69 Å². The van der Waals surface area contributed by atoms with E-state index in [-0.39, 0.29) is 17.0 Å². The Labute approximate surface area is 122 Å². The summed E-state index contributed by atoms with van der Waals surface area (Å²) in [6.07, 6.45) is 0. The number of aromatic carboxylic acids is 1. The zero-order valence-electron chi connectivity index (χ0n) is 11.5. The van der Waals surface area contributed by atoms with E-state index >= 15 is 0 Å². The second-order valence-electron chi connectivity index (χ2n) is 4.79. The Kier molecular flexibility index (Phi) is 3.93. The largest absolute Gasteiger partial charge is 0.478 e. The molecule has 1 amide bonds. The number of carbonyl (C=O) groups is 2. The van der Waals surface area contributed by atoms with Crippen LogP contribution in [0.3, 0.4) is 0 Å². The molecule has 0 unspecified atom stereocenters. The molecule has 2 aromatic carbocycles. The average molecular weight is 284 g/mol. The Hall–Kier alpha value is -2.82. The van der Waals surface area contributed by atoms with E-state index in [0.29, 0.717) is 11.3 Å². The highest BCUT2D eigenvalue weighted by Gasteiger charge is 2.24. The zero-order chi connectivity index (χ0) is 15.6. The molecule has 5 N–H and O–H groups in total. The highest BCUT2D eigenvalue weighted by molar-refractivity contribution is 6.06. The highest BCUT2D eigenvalue weighted by atomic mass is 16.4. The Morgan fingerprint density at radius 1 is 1.10 bits per heavy atom. The van der Waals surface area contributed by atoms with Gasteiger partial charge in [-0.3, -0.25) is 4.79 Å². The normalized spacial score (nSPS) is 11.9. The molecule has 5 nitrogen and oxygen atoms in total. The van der Waals surface area contributed by atoms with Crippen molar-refractivity contribution in [1.29, 1.82) is 0 Å². The summed E-state index contributed by atoms with van der Waals surface area (Å²) < 4.78 is 0. The maximum atomic E-state index is 11.7. The molecule has 0 aromatic heterocycles. The van der Waals surface area contributed by atoms with Crippen LogP contribution in [0.1, 0.15) is 44.7 Å². The van der Waals surface area contributed by atoms with Gasteiger partial charge in [0.15, 0.2) is 0 Å². The highest BCUT2D eigenvalue weighted by Crippen LogP contribution is 2.33. The number of primary amides is 1. The van der Waals surface area contributed by atoms with Gasteiger partial charge in [-0.05, 0) is 23.3 Å². The van der Waals surface area contributed by atoms with Gasteiger partial charge in [-0.15, -0.1) is 0 Å². The van der Waals surface area contributed by atoms with Crippen LogP contribution < -0.4 is 11.5 Å². The third-order valence-electron chi connectivity index (χ3n) is 3.49. The van der Waals surface area contributed by atoms with E-state index in [0.717, 1.165) is 5.56 Å². The monoisotopic (exact) mass is 284 g/mol. The van der Waals surface area contributed by atoms with E-state index in [9.17, 15) is 14.7 Å². The van der Waals surface area contributed by atoms with Crippen molar-refractivity contribution < 1.29 is 14.7 Å². The lowest BCUT2D eigenvalue weighted by molar-refractivity contribution is 0.0692. The van der Waals surface area contributed by atoms with Crippen molar-refractivity contribution in [1.82, 2.24) is 0 Å². The van der Waals surface area contributed by atoms with Gasteiger partial charge in [0.25, 0.3) is 0 Å². The molecule has 2 aromatic rings. The topological polar surface area (TPSA) is 106 Å². The maximum Gasteiger partial charge on any atom is 0.336 e. The lowest BCUT2D eigenvalue weighted by atomic mass is 9.86. The zero-order valence-corrected chi connectivity index (χ0v) is 11.5. The molecule has 0 aliphatic heterocycles. The molecule has 0 aliphatic rings. The molecular formula is C16H16N2O3. The number of carbonyl (C=O) groups excluding carboxylic acids is 1. The molecule has 0 spiro atoms. The summed E-state index contributed by atoms with van der Waals surface area (Å²) >= 11 is 0. The second-order valence-corrected chi connectivity index (χ2v) is 4.79. The van der Waals surface area contributed by atoms with Gasteiger partial charge in [-0.1, -0.05) is 37.3 Å². The third-order valence-corrected chi connectivity index (χ3v) is 3.49. The molecule has 0 heterocycles. The van der Waals surface area contributed by atoms with Gasteiger partial charge in [-0.2, -0.15) is 0 Å². The van der Waals surface area contributed by atoms with Gasteiger partial charge in [0.2, 0.25) is 5.91 Å². The minimum Gasteiger partial charge on any atom is -0.478 e. The molecule has 108 valence electrons. The molecule has 1 atom stereocenters. The van der Waals surface area contributed by atoms with Crippen LogP contribution in [0, 0.1) is 0 Å². The number of rotatable bonds is 4. The smallest absolute Gasteiger partial charge is 0.336 e. The summed E-state index contributed by atoms with van der Waals surface area (Å²) in [5, 5.41) is 9.23. The fraction of sp³-hybridized carbons (Fsp3) is 0.125. The van der Waals surface area contributed by atoms with Crippen molar-refractivity contribution in [3.8, 4) is 0 Å². The number of anilines is 1. The first-order valence-corrected chi connectivity index (χ1v) is 6.44. The molecule has 0 saturated carbocycles. The molecule has 0 radical (unpaired) electrons. The fourth-order valence-electron chi connectivity index (χ4n) is 2.45. The van der Waals surface area contributed by atoms with E-state index in [1.54, 1.807) is 0 Å². The number of amides is 1. The van der Waals surface area contributed by atoms with E-state index in [1.807, 2.05) is 37.3 Å². The summed E-state index contributed by atoms with van der Waals surface area (Å²) in [7, 11) is 0. The second kappa shape index (κ2) is 5.66. The standard InChI is InChI=1S/C16H16N2O3/c1-9(10-5-3-2-4-6-10)13-12(17)8-7-11(16(20)21)14(13)15(18)19/h2-9H,17H2,1H3,(H2,18,19)(H,20,21)/t9-/m1/s1. The Balaban J connectivity index is 2.70. The van der Waals surface area contributed by atoms with Crippen molar-refractivity contribution in [3.05, 3.63) is 64.7 Å². The molecule has 0 bridgehead atoms. The minimum absolute atomic E-state index is 0.0288. The number of hydrogen-bond donors (Lipinski definition) is 3. The number of nitrogen functional groups attached to an aromatic ring is 1. The van der Waals surface area contributed by atoms with Gasteiger partial charge in [-0.25, -0.2) is 4.79 Å². The SMILES string of the molecule is C[C@H](c1ccccc1)c1c(N)ccc(C(=O)O)c1C(N)=O. The van der Waals surface area contributed by atoms with Crippen molar-refractivity contribution in [3.63, 3.8) is 0 Å². The van der Waals surface area contributed by atoms with Gasteiger partial charge < -0.3 is 16.6 Å². The first-order valence-electron chi connectivity index (χ1n) is 6.44. The third kappa shape index (κ3) is 2.72. The molecule has 0 aliphatic carbocycles. The van der Waals surface area contributed by atoms with E-state index in [1.165, 1.54) is 12.1 Å². The Bertz CT molecular complexity index is 696. The lowest BCUT2D eigenvalue weighted by Crippen LogP contribution is -2.21. The summed E-state index contributed by atoms with van der Waals surface area (Å²) in [5.74, 6) is -2.24. The number of hydrogen-bond acceptors (Lipinski definition) is 3. The predicted octanol–water partition coefficient (Wildman–Crippen LogP) is 2.22. The van der Waals surface area contributed by atoms with E-state index in [4.69, 9.17) is 11.5 Å². The van der Waals surface area contributed by atoms with Gasteiger partial charge in [0.1, 0.15) is 0 Å². The first kappa shape index (κ1) is 14.6. The molecule has 0 saturated heterocycles. The maximum absolute atomic E-state index is 11.7. The fourth-order valence-corrected chi connectivity index (χ4v) is 2.45. The van der Waals surface area contributed by atoms with E-state index < -0.39 is 11.9 Å². The van der Waals surface area contributed by atoms with Gasteiger partial charge in [0.05, 0.1) is 11.1 Å². The average Bonchev–Trinajstić information content (AvgIpc) is 2.46.